The number of hydrogen-bond donors (Lipinski definition) is 0. The predicted molar refractivity (Wildman–Crippen MR) is 73.6 cm³/mol. The summed E-state index contributed by atoms with van der Waals surface area (Å²) in [7, 11) is 0. The summed E-state index contributed by atoms with van der Waals surface area (Å²) >= 11 is 1.16. The zero-order valence-electron chi connectivity index (χ0n) is 11.1. The molecule has 0 aromatic carbocycles. The standard InChI is InChI=1S/C14H17N2O2S/c1-8-11(4-3-7-15-8)13-12(10-5-6-10)14(9(2)17)19-16(13)18/h3-4,7,10,12-14H,5-6H2,1-2H3/q+1. The minimum Gasteiger partial charge on any atom is -0.299 e. The number of nitroso groups, excluding NO2 is 1. The summed E-state index contributed by atoms with van der Waals surface area (Å²) < 4.78 is 1.03. The highest BCUT2D eigenvalue weighted by molar-refractivity contribution is 7.94. The Morgan fingerprint density at radius 2 is 2.21 bits per heavy atom. The van der Waals surface area contributed by atoms with Crippen molar-refractivity contribution in [1.29, 1.82) is 0 Å². The fraction of sp³-hybridized carbons (Fsp3) is 0.571. The van der Waals surface area contributed by atoms with Crippen LogP contribution in [0.1, 0.15) is 37.1 Å². The number of carbonyl (C=O) groups excluding carboxylic acids is 1. The minimum atomic E-state index is -0.222. The second kappa shape index (κ2) is 4.71. The summed E-state index contributed by atoms with van der Waals surface area (Å²) in [6.07, 6.45) is 4.02. The van der Waals surface area contributed by atoms with Gasteiger partial charge >= 0.3 is 0 Å². The van der Waals surface area contributed by atoms with Gasteiger partial charge in [-0.3, -0.25) is 9.78 Å². The lowest BCUT2D eigenvalue weighted by Gasteiger charge is -2.15. The number of rotatable bonds is 3. The van der Waals surface area contributed by atoms with Crippen molar-refractivity contribution in [2.75, 3.05) is 0 Å². The SMILES string of the molecule is CC(=O)C1S[N+](=O)C(c2cccnc2C)C1C1CC1. The van der Waals surface area contributed by atoms with E-state index in [0.29, 0.717) is 5.92 Å². The molecule has 1 saturated carbocycles. The van der Waals surface area contributed by atoms with Gasteiger partial charge in [-0.25, -0.2) is 0 Å². The van der Waals surface area contributed by atoms with Gasteiger partial charge in [-0.1, -0.05) is 0 Å². The smallest absolute Gasteiger partial charge is 0.248 e. The first-order valence-electron chi connectivity index (χ1n) is 6.64. The summed E-state index contributed by atoms with van der Waals surface area (Å²) in [4.78, 5) is 28.4. The Labute approximate surface area is 116 Å². The molecule has 100 valence electrons. The van der Waals surface area contributed by atoms with Gasteiger partial charge in [0, 0.05) is 22.4 Å². The summed E-state index contributed by atoms with van der Waals surface area (Å²) in [6.45, 7) is 3.53. The molecule has 3 rings (SSSR count). The molecule has 2 aliphatic rings. The van der Waals surface area contributed by atoms with E-state index < -0.39 is 0 Å². The van der Waals surface area contributed by atoms with Crippen LogP contribution in [0.5, 0.6) is 0 Å². The number of Topliss-reactive ketones (excluding diaryl/α,β-unsaturated/α-hetero) is 1. The van der Waals surface area contributed by atoms with Crippen LogP contribution >= 0.6 is 11.9 Å². The van der Waals surface area contributed by atoms with Crippen LogP contribution in [-0.4, -0.2) is 20.2 Å². The van der Waals surface area contributed by atoms with Gasteiger partial charge in [0.25, 0.3) is 0 Å². The van der Waals surface area contributed by atoms with Crippen molar-refractivity contribution in [3.05, 3.63) is 34.5 Å². The van der Waals surface area contributed by atoms with Gasteiger partial charge in [-0.15, -0.1) is 0 Å². The molecule has 0 radical (unpaired) electrons. The molecule has 2 fully saturated rings. The molecular weight excluding hydrogens is 260 g/mol. The zero-order valence-corrected chi connectivity index (χ0v) is 11.9. The Hall–Kier alpha value is -1.23. The van der Waals surface area contributed by atoms with Gasteiger partial charge in [-0.2, -0.15) is 0 Å². The molecule has 1 saturated heterocycles. The number of aromatic nitrogens is 1. The average molecular weight is 277 g/mol. The Morgan fingerprint density at radius 3 is 2.79 bits per heavy atom. The Bertz CT molecular complexity index is 542. The van der Waals surface area contributed by atoms with Crippen molar-refractivity contribution >= 4 is 17.7 Å². The van der Waals surface area contributed by atoms with Gasteiger partial charge in [0.15, 0.2) is 0 Å². The van der Waals surface area contributed by atoms with Crippen LogP contribution in [0.15, 0.2) is 18.3 Å². The lowest BCUT2D eigenvalue weighted by Crippen LogP contribution is -2.26. The molecule has 3 atom stereocenters. The monoisotopic (exact) mass is 277 g/mol. The molecule has 0 spiro atoms. The van der Waals surface area contributed by atoms with E-state index in [2.05, 4.69) is 4.98 Å². The van der Waals surface area contributed by atoms with Crippen LogP contribution in [0.2, 0.25) is 0 Å². The second-order valence-electron chi connectivity index (χ2n) is 5.46. The maximum atomic E-state index is 12.3. The highest BCUT2D eigenvalue weighted by Gasteiger charge is 2.59. The average Bonchev–Trinajstić information content (AvgIpc) is 3.14. The van der Waals surface area contributed by atoms with E-state index in [0.717, 1.165) is 40.2 Å². The lowest BCUT2D eigenvalue weighted by atomic mass is 9.85. The third-order valence-corrected chi connectivity index (χ3v) is 5.40. The summed E-state index contributed by atoms with van der Waals surface area (Å²) in [6, 6.07) is 3.61. The topological polar surface area (TPSA) is 50.0 Å². The van der Waals surface area contributed by atoms with Crippen LogP contribution < -0.4 is 0 Å². The third-order valence-electron chi connectivity index (χ3n) is 4.09. The zero-order chi connectivity index (χ0) is 13.6. The van der Waals surface area contributed by atoms with E-state index in [-0.39, 0.29) is 23.0 Å². The number of aryl methyl sites for hydroxylation is 1. The molecule has 1 aromatic rings. The van der Waals surface area contributed by atoms with Gasteiger partial charge in [-0.05, 0) is 44.7 Å². The quantitative estimate of drug-likeness (QED) is 0.629. The molecule has 2 heterocycles. The molecule has 1 aliphatic carbocycles. The maximum absolute atomic E-state index is 12.3. The van der Waals surface area contributed by atoms with Crippen LogP contribution in [0.4, 0.5) is 0 Å². The minimum absolute atomic E-state index is 0.117. The van der Waals surface area contributed by atoms with Crippen molar-refractivity contribution in [2.45, 2.75) is 38.0 Å². The Morgan fingerprint density at radius 1 is 1.47 bits per heavy atom. The molecule has 1 aliphatic heterocycles. The van der Waals surface area contributed by atoms with E-state index in [1.165, 1.54) is 0 Å². The number of carbonyl (C=O) groups is 1. The molecule has 19 heavy (non-hydrogen) atoms. The number of ketones is 1. The molecular formula is C14H17N2O2S+. The lowest BCUT2D eigenvalue weighted by molar-refractivity contribution is -0.428. The Balaban J connectivity index is 2.01. The number of nitrogens with zero attached hydrogens (tertiary/aromatic N) is 2. The van der Waals surface area contributed by atoms with Crippen LogP contribution in [0.3, 0.4) is 0 Å². The first-order chi connectivity index (χ1) is 9.09. The summed E-state index contributed by atoms with van der Waals surface area (Å²) in [5.74, 6) is 0.777. The van der Waals surface area contributed by atoms with E-state index in [1.54, 1.807) is 13.1 Å². The fourth-order valence-corrected chi connectivity index (χ4v) is 4.28. The van der Waals surface area contributed by atoms with Gasteiger partial charge < -0.3 is 0 Å². The van der Waals surface area contributed by atoms with Crippen molar-refractivity contribution in [2.24, 2.45) is 11.8 Å². The molecule has 0 amide bonds. The van der Waals surface area contributed by atoms with Crippen molar-refractivity contribution in [1.82, 2.24) is 4.98 Å². The molecule has 0 N–H and O–H groups in total. The highest BCUT2D eigenvalue weighted by atomic mass is 32.2. The van der Waals surface area contributed by atoms with Gasteiger partial charge in [0.1, 0.15) is 11.0 Å². The van der Waals surface area contributed by atoms with Gasteiger partial charge in [0.05, 0.1) is 10.1 Å². The molecule has 5 heteroatoms. The summed E-state index contributed by atoms with van der Waals surface area (Å²) in [5.41, 5.74) is 1.87. The van der Waals surface area contributed by atoms with Crippen molar-refractivity contribution in [3.63, 3.8) is 0 Å². The van der Waals surface area contributed by atoms with E-state index >= 15 is 0 Å². The van der Waals surface area contributed by atoms with Crippen LogP contribution in [0.25, 0.3) is 0 Å². The second-order valence-corrected chi connectivity index (χ2v) is 6.54. The largest absolute Gasteiger partial charge is 0.299 e. The fourth-order valence-electron chi connectivity index (χ4n) is 3.02. The molecule has 0 bridgehead atoms. The summed E-state index contributed by atoms with van der Waals surface area (Å²) in [5, 5.41) is -0.186. The van der Waals surface area contributed by atoms with E-state index in [4.69, 9.17) is 0 Å². The number of pyridine rings is 1. The molecule has 3 unspecified atom stereocenters. The molecule has 4 nitrogen and oxygen atoms in total. The maximum Gasteiger partial charge on any atom is 0.248 e. The van der Waals surface area contributed by atoms with Gasteiger partial charge in [0.2, 0.25) is 18.0 Å². The predicted octanol–water partition coefficient (Wildman–Crippen LogP) is 2.86. The first-order valence-corrected chi connectivity index (χ1v) is 7.48. The normalized spacial score (nSPS) is 30.6. The van der Waals surface area contributed by atoms with E-state index in [1.807, 2.05) is 19.1 Å². The van der Waals surface area contributed by atoms with Crippen LogP contribution in [-0.2, 0) is 4.79 Å². The van der Waals surface area contributed by atoms with Crippen LogP contribution in [0, 0.1) is 23.7 Å². The van der Waals surface area contributed by atoms with Crippen molar-refractivity contribution in [3.8, 4) is 0 Å². The highest BCUT2D eigenvalue weighted by Crippen LogP contribution is 2.54. The van der Waals surface area contributed by atoms with Crippen molar-refractivity contribution < 1.29 is 8.96 Å². The molecule has 1 aromatic heterocycles. The first kappa shape index (κ1) is 12.8. The Kier molecular flexibility index (Phi) is 3.17. The number of hydrogen-bond acceptors (Lipinski definition) is 4. The van der Waals surface area contributed by atoms with E-state index in [9.17, 15) is 9.70 Å². The third kappa shape index (κ3) is 2.20.